The number of rotatable bonds is 4. The van der Waals surface area contributed by atoms with E-state index in [0.29, 0.717) is 0 Å². The third-order valence-electron chi connectivity index (χ3n) is 2.74. The van der Waals surface area contributed by atoms with Crippen LogP contribution in [0, 0.1) is 6.92 Å². The number of imidazole rings is 1. The van der Waals surface area contributed by atoms with Gasteiger partial charge in [0.2, 0.25) is 8.32 Å². The number of hydrogen-bond acceptors (Lipinski definition) is 3. The minimum atomic E-state index is -1.64. The summed E-state index contributed by atoms with van der Waals surface area (Å²) in [7, 11) is 0.338. The zero-order valence-corrected chi connectivity index (χ0v) is 13.7. The van der Waals surface area contributed by atoms with Crippen molar-refractivity contribution in [1.82, 2.24) is 9.55 Å². The SMILES string of the molecule is Cc1nc(C=Nc2ccccc2O[Si](C)(C)C)cn1C. The first-order valence-corrected chi connectivity index (χ1v) is 10.1. The van der Waals surface area contributed by atoms with E-state index in [0.717, 1.165) is 23.0 Å². The van der Waals surface area contributed by atoms with Gasteiger partial charge in [-0.05, 0) is 38.7 Å². The first kappa shape index (κ1) is 14.5. The van der Waals surface area contributed by atoms with E-state index >= 15 is 0 Å². The molecule has 106 valence electrons. The third-order valence-corrected chi connectivity index (χ3v) is 3.58. The molecule has 4 nitrogen and oxygen atoms in total. The second-order valence-electron chi connectivity index (χ2n) is 5.76. The summed E-state index contributed by atoms with van der Waals surface area (Å²) in [5.74, 6) is 1.81. The smallest absolute Gasteiger partial charge is 0.242 e. The first-order chi connectivity index (χ1) is 9.35. The second kappa shape index (κ2) is 5.62. The molecule has 0 radical (unpaired) electrons. The lowest BCUT2D eigenvalue weighted by molar-refractivity contribution is 0.559. The van der Waals surface area contributed by atoms with Gasteiger partial charge in [-0.25, -0.2) is 4.98 Å². The van der Waals surface area contributed by atoms with Gasteiger partial charge >= 0.3 is 0 Å². The number of aliphatic imine (C=N–C) groups is 1. The van der Waals surface area contributed by atoms with E-state index in [1.807, 2.05) is 49.0 Å². The molecular formula is C15H21N3OSi. The van der Waals surface area contributed by atoms with E-state index < -0.39 is 8.32 Å². The molecule has 2 rings (SSSR count). The minimum Gasteiger partial charge on any atom is -0.543 e. The molecule has 0 N–H and O–H groups in total. The van der Waals surface area contributed by atoms with Crippen LogP contribution in [0.2, 0.25) is 19.6 Å². The number of para-hydroxylation sites is 2. The number of aromatic nitrogens is 2. The third kappa shape index (κ3) is 3.80. The van der Waals surface area contributed by atoms with Crippen LogP contribution in [0.5, 0.6) is 5.75 Å². The normalized spacial score (nSPS) is 12.1. The van der Waals surface area contributed by atoms with E-state index in [9.17, 15) is 0 Å². The molecule has 0 unspecified atom stereocenters. The maximum atomic E-state index is 6.05. The van der Waals surface area contributed by atoms with Crippen LogP contribution in [0.3, 0.4) is 0 Å². The Labute approximate surface area is 121 Å². The van der Waals surface area contributed by atoms with E-state index in [2.05, 4.69) is 29.6 Å². The van der Waals surface area contributed by atoms with Crippen molar-refractivity contribution in [3.05, 3.63) is 42.0 Å². The van der Waals surface area contributed by atoms with Crippen molar-refractivity contribution in [2.75, 3.05) is 0 Å². The highest BCUT2D eigenvalue weighted by Crippen LogP contribution is 2.29. The van der Waals surface area contributed by atoms with Crippen molar-refractivity contribution in [1.29, 1.82) is 0 Å². The van der Waals surface area contributed by atoms with Gasteiger partial charge in [0.1, 0.15) is 17.3 Å². The van der Waals surface area contributed by atoms with Gasteiger partial charge in [-0.1, -0.05) is 12.1 Å². The van der Waals surface area contributed by atoms with Crippen molar-refractivity contribution < 1.29 is 4.43 Å². The lowest BCUT2D eigenvalue weighted by atomic mass is 10.3. The fourth-order valence-corrected chi connectivity index (χ4v) is 2.60. The zero-order chi connectivity index (χ0) is 14.8. The lowest BCUT2D eigenvalue weighted by Crippen LogP contribution is -2.29. The molecular weight excluding hydrogens is 266 g/mol. The lowest BCUT2D eigenvalue weighted by Gasteiger charge is -2.20. The van der Waals surface area contributed by atoms with Gasteiger partial charge in [-0.15, -0.1) is 0 Å². The fourth-order valence-electron chi connectivity index (χ4n) is 1.76. The molecule has 0 atom stereocenters. The van der Waals surface area contributed by atoms with Crippen LogP contribution in [-0.4, -0.2) is 24.1 Å². The Bertz CT molecular complexity index is 607. The summed E-state index contributed by atoms with van der Waals surface area (Å²) >= 11 is 0. The summed E-state index contributed by atoms with van der Waals surface area (Å²) in [4.78, 5) is 8.92. The van der Waals surface area contributed by atoms with Crippen LogP contribution in [-0.2, 0) is 7.05 Å². The average Bonchev–Trinajstić information content (AvgIpc) is 2.66. The van der Waals surface area contributed by atoms with E-state index in [1.54, 1.807) is 6.21 Å². The predicted octanol–water partition coefficient (Wildman–Crippen LogP) is 3.69. The second-order valence-corrected chi connectivity index (χ2v) is 10.2. The Morgan fingerprint density at radius 3 is 2.55 bits per heavy atom. The molecule has 0 bridgehead atoms. The van der Waals surface area contributed by atoms with Crippen LogP contribution < -0.4 is 4.43 Å². The highest BCUT2D eigenvalue weighted by Gasteiger charge is 2.17. The monoisotopic (exact) mass is 287 g/mol. The summed E-state index contributed by atoms with van der Waals surface area (Å²) < 4.78 is 8.03. The molecule has 5 heteroatoms. The quantitative estimate of drug-likeness (QED) is 0.635. The summed E-state index contributed by atoms with van der Waals surface area (Å²) in [6.45, 7) is 8.46. The van der Waals surface area contributed by atoms with Crippen molar-refractivity contribution in [3.63, 3.8) is 0 Å². The fraction of sp³-hybridized carbons (Fsp3) is 0.333. The summed E-state index contributed by atoms with van der Waals surface area (Å²) in [6.07, 6.45) is 3.74. The predicted molar refractivity (Wildman–Crippen MR) is 85.6 cm³/mol. The molecule has 0 spiro atoms. The molecule has 1 heterocycles. The first-order valence-electron chi connectivity index (χ1n) is 6.67. The molecule has 2 aromatic rings. The molecule has 0 fully saturated rings. The molecule has 0 aliphatic heterocycles. The Morgan fingerprint density at radius 2 is 1.95 bits per heavy atom. The molecule has 0 aliphatic carbocycles. The number of nitrogens with zero attached hydrogens (tertiary/aromatic N) is 3. The van der Waals surface area contributed by atoms with Gasteiger partial charge in [0, 0.05) is 13.2 Å². The van der Waals surface area contributed by atoms with E-state index in [1.165, 1.54) is 0 Å². The summed E-state index contributed by atoms with van der Waals surface area (Å²) in [6, 6.07) is 7.86. The topological polar surface area (TPSA) is 39.4 Å². The van der Waals surface area contributed by atoms with Gasteiger partial charge in [0.15, 0.2) is 0 Å². The van der Waals surface area contributed by atoms with Crippen LogP contribution >= 0.6 is 0 Å². The molecule has 1 aromatic carbocycles. The number of aryl methyl sites for hydroxylation is 2. The minimum absolute atomic E-state index is 0.843. The Kier molecular flexibility index (Phi) is 4.08. The molecule has 0 aliphatic rings. The highest BCUT2D eigenvalue weighted by molar-refractivity contribution is 6.70. The largest absolute Gasteiger partial charge is 0.543 e. The maximum Gasteiger partial charge on any atom is 0.242 e. The standard InChI is InChI=1S/C15H21N3OSi/c1-12-17-13(11-18(12)2)10-16-14-8-6-7-9-15(14)19-20(3,4)5/h6-11H,1-5H3. The molecule has 0 amide bonds. The summed E-state index contributed by atoms with van der Waals surface area (Å²) in [5, 5.41) is 0. The van der Waals surface area contributed by atoms with Gasteiger partial charge < -0.3 is 8.99 Å². The Morgan fingerprint density at radius 1 is 1.25 bits per heavy atom. The summed E-state index contributed by atoms with van der Waals surface area (Å²) in [5.41, 5.74) is 1.70. The van der Waals surface area contributed by atoms with Crippen LogP contribution in [0.15, 0.2) is 35.5 Å². The molecule has 20 heavy (non-hydrogen) atoms. The van der Waals surface area contributed by atoms with Gasteiger partial charge in [0.05, 0.1) is 11.9 Å². The Balaban J connectivity index is 2.25. The van der Waals surface area contributed by atoms with Crippen molar-refractivity contribution in [2.45, 2.75) is 26.6 Å². The van der Waals surface area contributed by atoms with Gasteiger partial charge in [-0.3, -0.25) is 4.99 Å². The van der Waals surface area contributed by atoms with Crippen molar-refractivity contribution in [3.8, 4) is 5.75 Å². The van der Waals surface area contributed by atoms with Gasteiger partial charge in [0.25, 0.3) is 0 Å². The molecule has 0 saturated heterocycles. The van der Waals surface area contributed by atoms with E-state index in [4.69, 9.17) is 4.43 Å². The van der Waals surface area contributed by atoms with Gasteiger partial charge in [-0.2, -0.15) is 0 Å². The molecule has 0 saturated carbocycles. The van der Waals surface area contributed by atoms with Crippen LogP contribution in [0.1, 0.15) is 11.5 Å². The Hall–Kier alpha value is -1.88. The van der Waals surface area contributed by atoms with Crippen LogP contribution in [0.4, 0.5) is 5.69 Å². The maximum absolute atomic E-state index is 6.05. The highest BCUT2D eigenvalue weighted by atomic mass is 28.4. The van der Waals surface area contributed by atoms with Crippen molar-refractivity contribution in [2.24, 2.45) is 12.0 Å². The van der Waals surface area contributed by atoms with Crippen molar-refractivity contribution >= 4 is 20.2 Å². The number of benzene rings is 1. The molecule has 1 aromatic heterocycles. The zero-order valence-electron chi connectivity index (χ0n) is 12.7. The van der Waals surface area contributed by atoms with E-state index in [-0.39, 0.29) is 0 Å². The average molecular weight is 287 g/mol. The number of hydrogen-bond donors (Lipinski definition) is 0. The van der Waals surface area contributed by atoms with Crippen LogP contribution in [0.25, 0.3) is 0 Å².